The quantitative estimate of drug-likeness (QED) is 0.923. The summed E-state index contributed by atoms with van der Waals surface area (Å²) in [7, 11) is 0. The molecule has 2 saturated carbocycles. The molecule has 2 fully saturated rings. The van der Waals surface area contributed by atoms with Crippen LogP contribution in [0.15, 0.2) is 35.7 Å². The smallest absolute Gasteiger partial charge is 0.229 e. The Morgan fingerprint density at radius 2 is 2.05 bits per heavy atom. The van der Waals surface area contributed by atoms with Crippen LogP contribution in [0.25, 0.3) is 11.3 Å². The first-order valence-corrected chi connectivity index (χ1v) is 8.49. The van der Waals surface area contributed by atoms with Crippen LogP contribution in [0.1, 0.15) is 25.7 Å². The molecule has 0 spiro atoms. The lowest BCUT2D eigenvalue weighted by Gasteiger charge is -2.19. The van der Waals surface area contributed by atoms with Crippen molar-refractivity contribution >= 4 is 22.4 Å². The SMILES string of the molecule is O=C(Nc1nc(-c2ccccc2)cs1)C1CC2CCC1C2. The average Bonchev–Trinajstić information content (AvgIpc) is 3.24. The van der Waals surface area contributed by atoms with Gasteiger partial charge in [-0.1, -0.05) is 36.8 Å². The summed E-state index contributed by atoms with van der Waals surface area (Å²) in [6, 6.07) is 10.1. The van der Waals surface area contributed by atoms with Gasteiger partial charge < -0.3 is 5.32 Å². The zero-order valence-electron chi connectivity index (χ0n) is 11.8. The lowest BCUT2D eigenvalue weighted by Crippen LogP contribution is -2.27. The van der Waals surface area contributed by atoms with E-state index in [2.05, 4.69) is 10.3 Å². The van der Waals surface area contributed by atoms with E-state index in [-0.39, 0.29) is 11.8 Å². The van der Waals surface area contributed by atoms with Gasteiger partial charge >= 0.3 is 0 Å². The largest absolute Gasteiger partial charge is 0.302 e. The van der Waals surface area contributed by atoms with Crippen molar-refractivity contribution in [2.75, 3.05) is 5.32 Å². The number of carbonyl (C=O) groups is 1. The molecule has 1 heterocycles. The first-order valence-electron chi connectivity index (χ1n) is 7.61. The Kier molecular flexibility index (Phi) is 3.26. The van der Waals surface area contributed by atoms with E-state index in [1.54, 1.807) is 0 Å². The van der Waals surface area contributed by atoms with Gasteiger partial charge in [0.2, 0.25) is 5.91 Å². The van der Waals surface area contributed by atoms with Gasteiger partial charge in [-0.3, -0.25) is 4.79 Å². The number of nitrogens with zero attached hydrogens (tertiary/aromatic N) is 1. The highest BCUT2D eigenvalue weighted by atomic mass is 32.1. The van der Waals surface area contributed by atoms with E-state index in [1.165, 1.54) is 30.6 Å². The van der Waals surface area contributed by atoms with Gasteiger partial charge in [0, 0.05) is 16.9 Å². The molecule has 4 rings (SSSR count). The van der Waals surface area contributed by atoms with Gasteiger partial charge in [0.25, 0.3) is 0 Å². The third kappa shape index (κ3) is 2.48. The maximum atomic E-state index is 12.4. The molecule has 1 aromatic heterocycles. The van der Waals surface area contributed by atoms with Gasteiger partial charge in [0.15, 0.2) is 5.13 Å². The lowest BCUT2D eigenvalue weighted by atomic mass is 9.88. The molecule has 2 aliphatic carbocycles. The molecule has 3 nitrogen and oxygen atoms in total. The molecule has 3 atom stereocenters. The summed E-state index contributed by atoms with van der Waals surface area (Å²) in [6.07, 6.45) is 4.89. The van der Waals surface area contributed by atoms with Crippen LogP contribution in [0.5, 0.6) is 0 Å². The van der Waals surface area contributed by atoms with Gasteiger partial charge in [-0.25, -0.2) is 4.98 Å². The van der Waals surface area contributed by atoms with Crippen molar-refractivity contribution in [1.29, 1.82) is 0 Å². The summed E-state index contributed by atoms with van der Waals surface area (Å²) in [6.45, 7) is 0. The Bertz CT molecular complexity index is 652. The fourth-order valence-electron chi connectivity index (χ4n) is 3.84. The third-order valence-corrected chi connectivity index (χ3v) is 5.64. The number of benzene rings is 1. The van der Waals surface area contributed by atoms with E-state index in [4.69, 9.17) is 0 Å². The summed E-state index contributed by atoms with van der Waals surface area (Å²) in [5.74, 6) is 1.80. The van der Waals surface area contributed by atoms with Crippen LogP contribution in [-0.4, -0.2) is 10.9 Å². The van der Waals surface area contributed by atoms with Crippen molar-refractivity contribution in [3.63, 3.8) is 0 Å². The number of fused-ring (bicyclic) bond motifs is 2. The van der Waals surface area contributed by atoms with Crippen LogP contribution >= 0.6 is 11.3 Å². The van der Waals surface area contributed by atoms with Gasteiger partial charge in [-0.05, 0) is 31.1 Å². The Labute approximate surface area is 128 Å². The monoisotopic (exact) mass is 298 g/mol. The third-order valence-electron chi connectivity index (χ3n) is 4.88. The minimum atomic E-state index is 0.177. The minimum absolute atomic E-state index is 0.177. The lowest BCUT2D eigenvalue weighted by molar-refractivity contribution is -0.121. The summed E-state index contributed by atoms with van der Waals surface area (Å²) < 4.78 is 0. The van der Waals surface area contributed by atoms with E-state index in [0.29, 0.717) is 5.92 Å². The highest BCUT2D eigenvalue weighted by Crippen LogP contribution is 2.48. The number of carbonyl (C=O) groups excluding carboxylic acids is 1. The highest BCUT2D eigenvalue weighted by molar-refractivity contribution is 7.14. The predicted octanol–water partition coefficient (Wildman–Crippen LogP) is 4.18. The Morgan fingerprint density at radius 3 is 2.76 bits per heavy atom. The fraction of sp³-hybridized carbons (Fsp3) is 0.412. The first-order chi connectivity index (χ1) is 10.3. The van der Waals surface area contributed by atoms with E-state index >= 15 is 0 Å². The van der Waals surface area contributed by atoms with Gasteiger partial charge in [-0.2, -0.15) is 0 Å². The van der Waals surface area contributed by atoms with E-state index in [9.17, 15) is 4.79 Å². The van der Waals surface area contributed by atoms with Gasteiger partial charge in [0.1, 0.15) is 0 Å². The second-order valence-electron chi connectivity index (χ2n) is 6.17. The molecule has 2 aliphatic rings. The number of rotatable bonds is 3. The number of nitrogens with one attached hydrogen (secondary N) is 1. The standard InChI is InChI=1S/C17H18N2OS/c20-16(14-9-11-6-7-13(14)8-11)19-17-18-15(10-21-17)12-4-2-1-3-5-12/h1-5,10-11,13-14H,6-9H2,(H,18,19,20). The Balaban J connectivity index is 1.46. The highest BCUT2D eigenvalue weighted by Gasteiger charge is 2.43. The number of hydrogen-bond acceptors (Lipinski definition) is 3. The molecule has 108 valence electrons. The summed E-state index contributed by atoms with van der Waals surface area (Å²) in [4.78, 5) is 16.9. The first kappa shape index (κ1) is 13.0. The maximum absolute atomic E-state index is 12.4. The number of hydrogen-bond donors (Lipinski definition) is 1. The van der Waals surface area contributed by atoms with Crippen molar-refractivity contribution in [1.82, 2.24) is 4.98 Å². The van der Waals surface area contributed by atoms with Crippen LogP contribution in [0.2, 0.25) is 0 Å². The van der Waals surface area contributed by atoms with E-state index < -0.39 is 0 Å². The summed E-state index contributed by atoms with van der Waals surface area (Å²) >= 11 is 1.51. The second kappa shape index (κ2) is 5.26. The molecular formula is C17H18N2OS. The summed E-state index contributed by atoms with van der Waals surface area (Å²) in [5, 5.41) is 5.76. The van der Waals surface area contributed by atoms with Gasteiger partial charge in [0.05, 0.1) is 5.69 Å². The van der Waals surface area contributed by atoms with Crippen molar-refractivity contribution in [3.8, 4) is 11.3 Å². The summed E-state index contributed by atoms with van der Waals surface area (Å²) in [5.41, 5.74) is 2.03. The minimum Gasteiger partial charge on any atom is -0.302 e. The van der Waals surface area contributed by atoms with Crippen LogP contribution in [0.3, 0.4) is 0 Å². The van der Waals surface area contributed by atoms with E-state index in [0.717, 1.165) is 28.7 Å². The molecule has 2 aromatic rings. The average molecular weight is 298 g/mol. The van der Waals surface area contributed by atoms with Crippen LogP contribution in [0, 0.1) is 17.8 Å². The maximum Gasteiger partial charge on any atom is 0.229 e. The Hall–Kier alpha value is -1.68. The molecule has 1 aromatic carbocycles. The Morgan fingerprint density at radius 1 is 1.19 bits per heavy atom. The molecule has 0 radical (unpaired) electrons. The molecule has 21 heavy (non-hydrogen) atoms. The number of amides is 1. The van der Waals surface area contributed by atoms with Gasteiger partial charge in [-0.15, -0.1) is 11.3 Å². The second-order valence-corrected chi connectivity index (χ2v) is 7.03. The molecule has 3 unspecified atom stereocenters. The molecular weight excluding hydrogens is 280 g/mol. The molecule has 0 aliphatic heterocycles. The van der Waals surface area contributed by atoms with E-state index in [1.807, 2.05) is 35.7 Å². The predicted molar refractivity (Wildman–Crippen MR) is 85.1 cm³/mol. The molecule has 1 amide bonds. The van der Waals surface area contributed by atoms with Crippen molar-refractivity contribution in [2.24, 2.45) is 17.8 Å². The number of thiazole rings is 1. The molecule has 4 heteroatoms. The van der Waals surface area contributed by atoms with Crippen LogP contribution < -0.4 is 5.32 Å². The number of aromatic nitrogens is 1. The molecule has 0 saturated heterocycles. The topological polar surface area (TPSA) is 42.0 Å². The number of anilines is 1. The molecule has 1 N–H and O–H groups in total. The van der Waals surface area contributed by atoms with Crippen LogP contribution in [-0.2, 0) is 4.79 Å². The zero-order chi connectivity index (χ0) is 14.2. The fourth-order valence-corrected chi connectivity index (χ4v) is 4.56. The van der Waals surface area contributed by atoms with Crippen molar-refractivity contribution < 1.29 is 4.79 Å². The van der Waals surface area contributed by atoms with Crippen LogP contribution in [0.4, 0.5) is 5.13 Å². The molecule has 2 bridgehead atoms. The van der Waals surface area contributed by atoms with Crippen molar-refractivity contribution in [3.05, 3.63) is 35.7 Å². The van der Waals surface area contributed by atoms with Crippen molar-refractivity contribution in [2.45, 2.75) is 25.7 Å². The zero-order valence-corrected chi connectivity index (χ0v) is 12.6. The normalized spacial score (nSPS) is 27.0.